The second kappa shape index (κ2) is 20.3. The maximum atomic E-state index is 14.1. The number of allylic oxidation sites excluding steroid dienone is 7. The van der Waals surface area contributed by atoms with Crippen LogP contribution in [0.2, 0.25) is 0 Å². The number of carbonyl (C=O) groups excluding carboxylic acids is 2. The van der Waals surface area contributed by atoms with Gasteiger partial charge in [0.2, 0.25) is 5.91 Å². The number of rotatable bonds is 4. The molecule has 2 bridgehead atoms. The molecule has 0 spiro atoms. The summed E-state index contributed by atoms with van der Waals surface area (Å²) in [5.41, 5.74) is 2.59. The van der Waals surface area contributed by atoms with Gasteiger partial charge in [-0.1, -0.05) is 86.6 Å². The summed E-state index contributed by atoms with van der Waals surface area (Å²) in [5.74, 6) is -2.54. The van der Waals surface area contributed by atoms with Crippen molar-refractivity contribution >= 4 is 11.9 Å². The van der Waals surface area contributed by atoms with E-state index < -0.39 is 42.2 Å². The Bertz CT molecular complexity index is 1450. The Kier molecular flexibility index (Phi) is 16.5. The third-order valence-corrected chi connectivity index (χ3v) is 11.7. The molecule has 302 valence electrons. The summed E-state index contributed by atoms with van der Waals surface area (Å²) in [6.07, 6.45) is 18.4. The van der Waals surface area contributed by atoms with Crippen molar-refractivity contribution in [2.75, 3.05) is 13.7 Å². The van der Waals surface area contributed by atoms with Gasteiger partial charge in [-0.25, -0.2) is 4.79 Å². The Morgan fingerprint density at radius 1 is 0.963 bits per heavy atom. The quantitative estimate of drug-likeness (QED) is 0.149. The van der Waals surface area contributed by atoms with Gasteiger partial charge in [0, 0.05) is 26.0 Å². The number of carbonyl (C=O) groups is 2. The largest absolute Gasteiger partial charge is 0.456 e. The van der Waals surface area contributed by atoms with E-state index >= 15 is 0 Å². The van der Waals surface area contributed by atoms with Crippen LogP contribution in [0.4, 0.5) is 0 Å². The molecular formula is C44H67NO9. The lowest BCUT2D eigenvalue weighted by Crippen LogP contribution is -2.56. The van der Waals surface area contributed by atoms with E-state index in [0.717, 1.165) is 29.6 Å². The van der Waals surface area contributed by atoms with Crippen molar-refractivity contribution < 1.29 is 44.2 Å². The first-order chi connectivity index (χ1) is 25.6. The van der Waals surface area contributed by atoms with Gasteiger partial charge in [0.25, 0.3) is 0 Å². The molecule has 1 aliphatic carbocycles. The Labute approximate surface area is 323 Å². The fourth-order valence-electron chi connectivity index (χ4n) is 8.40. The van der Waals surface area contributed by atoms with Crippen LogP contribution < -0.4 is 0 Å². The minimum atomic E-state index is -1.68. The number of amides is 1. The number of nitrogens with zero attached hydrogens (tertiary/aromatic N) is 1. The van der Waals surface area contributed by atoms with Crippen molar-refractivity contribution in [2.24, 2.45) is 23.7 Å². The summed E-state index contributed by atoms with van der Waals surface area (Å²) in [7, 11) is 1.59. The molecule has 0 saturated carbocycles. The first-order valence-electron chi connectivity index (χ1n) is 20.1. The van der Waals surface area contributed by atoms with Crippen LogP contribution in [-0.4, -0.2) is 99.3 Å². The average molecular weight is 754 g/mol. The van der Waals surface area contributed by atoms with Gasteiger partial charge >= 0.3 is 5.97 Å². The Morgan fingerprint density at radius 2 is 1.70 bits per heavy atom. The standard InChI is InChI=1S/C44H67NO9/c1-28-15-18-35(46)13-9-8-12-30(3)42-32(5)24-33(6)44(51,54-42)27-41(49)45-21-11-10-14-37(45)43(50)53-39(26-36(47)19-16-28)31(4)22-29(2)23-34-17-20-38(48)40(25-34)52-7/h8-9,15-18,20,22-23,30,32-40,42,46-48,51H,10-14,19,21,24-27H2,1-7H3/b9-8+,18-15+,28-16+,29-23+,31-22+. The molecule has 0 aromatic carbocycles. The fraction of sp³-hybridized carbons (Fsp3) is 0.682. The van der Waals surface area contributed by atoms with Crippen LogP contribution in [0, 0.1) is 23.7 Å². The van der Waals surface area contributed by atoms with E-state index in [-0.39, 0.29) is 54.6 Å². The molecule has 54 heavy (non-hydrogen) atoms. The lowest BCUT2D eigenvalue weighted by Gasteiger charge is -2.47. The van der Waals surface area contributed by atoms with Gasteiger partial charge in [-0.15, -0.1) is 0 Å². The van der Waals surface area contributed by atoms with E-state index in [1.807, 2.05) is 64.2 Å². The van der Waals surface area contributed by atoms with Crippen LogP contribution in [0.3, 0.4) is 0 Å². The Balaban J connectivity index is 1.64. The van der Waals surface area contributed by atoms with Gasteiger partial charge in [0.15, 0.2) is 5.79 Å². The smallest absolute Gasteiger partial charge is 0.329 e. The molecule has 4 rings (SSSR count). The summed E-state index contributed by atoms with van der Waals surface area (Å²) in [6.45, 7) is 12.3. The van der Waals surface area contributed by atoms with Crippen molar-refractivity contribution in [3.63, 3.8) is 0 Å². The summed E-state index contributed by atoms with van der Waals surface area (Å²) in [6, 6.07) is -0.818. The Hall–Kier alpha value is -2.86. The topological polar surface area (TPSA) is 146 Å². The predicted octanol–water partition coefficient (Wildman–Crippen LogP) is 6.25. The maximum absolute atomic E-state index is 14.1. The molecule has 12 atom stereocenters. The van der Waals surface area contributed by atoms with E-state index in [9.17, 15) is 30.0 Å². The van der Waals surface area contributed by atoms with E-state index in [1.165, 1.54) is 0 Å². The second-order valence-corrected chi connectivity index (χ2v) is 16.5. The van der Waals surface area contributed by atoms with Crippen LogP contribution in [0.1, 0.15) is 106 Å². The predicted molar refractivity (Wildman–Crippen MR) is 210 cm³/mol. The zero-order chi connectivity index (χ0) is 39.6. The van der Waals surface area contributed by atoms with Crippen molar-refractivity contribution in [3.05, 3.63) is 71.4 Å². The van der Waals surface area contributed by atoms with E-state index in [0.29, 0.717) is 45.1 Å². The van der Waals surface area contributed by atoms with Crippen LogP contribution >= 0.6 is 0 Å². The van der Waals surface area contributed by atoms with Gasteiger partial charge in [0.1, 0.15) is 12.1 Å². The average Bonchev–Trinajstić information content (AvgIpc) is 3.13. The molecule has 10 nitrogen and oxygen atoms in total. The highest BCUT2D eigenvalue weighted by atomic mass is 16.6. The molecule has 3 heterocycles. The second-order valence-electron chi connectivity index (χ2n) is 16.5. The number of hydrogen-bond donors (Lipinski definition) is 4. The lowest BCUT2D eigenvalue weighted by atomic mass is 9.78. The maximum Gasteiger partial charge on any atom is 0.329 e. The third-order valence-electron chi connectivity index (χ3n) is 11.7. The van der Waals surface area contributed by atoms with Crippen molar-refractivity contribution in [1.29, 1.82) is 0 Å². The van der Waals surface area contributed by atoms with Crippen molar-refractivity contribution in [1.82, 2.24) is 4.90 Å². The van der Waals surface area contributed by atoms with Crippen LogP contribution in [0.25, 0.3) is 0 Å². The molecule has 2 fully saturated rings. The van der Waals surface area contributed by atoms with Gasteiger partial charge in [0.05, 0.1) is 36.9 Å². The number of aliphatic hydroxyl groups is 4. The number of ether oxygens (including phenoxy) is 3. The minimum absolute atomic E-state index is 0.0530. The summed E-state index contributed by atoms with van der Waals surface area (Å²) in [4.78, 5) is 29.7. The first-order valence-corrected chi connectivity index (χ1v) is 20.1. The highest BCUT2D eigenvalue weighted by Crippen LogP contribution is 2.41. The van der Waals surface area contributed by atoms with Crippen LogP contribution in [0.15, 0.2) is 71.4 Å². The zero-order valence-electron chi connectivity index (χ0n) is 33.6. The lowest BCUT2D eigenvalue weighted by molar-refractivity contribution is -0.301. The molecule has 0 aromatic rings. The number of methoxy groups -OCH3 is 1. The molecular weight excluding hydrogens is 686 g/mol. The number of esters is 1. The number of hydrogen-bond acceptors (Lipinski definition) is 9. The number of fused-ring (bicyclic) bond motifs is 3. The van der Waals surface area contributed by atoms with E-state index in [1.54, 1.807) is 24.2 Å². The van der Waals surface area contributed by atoms with Crippen molar-refractivity contribution in [3.8, 4) is 0 Å². The van der Waals surface area contributed by atoms with Gasteiger partial charge < -0.3 is 39.5 Å². The molecule has 2 saturated heterocycles. The fourth-order valence-corrected chi connectivity index (χ4v) is 8.40. The first kappa shape index (κ1) is 43.9. The highest BCUT2D eigenvalue weighted by molar-refractivity contribution is 5.85. The molecule has 10 heteroatoms. The molecule has 1 amide bonds. The van der Waals surface area contributed by atoms with Gasteiger partial charge in [-0.3, -0.25) is 4.79 Å². The number of aliphatic hydroxyl groups excluding tert-OH is 3. The molecule has 3 aliphatic heterocycles. The van der Waals surface area contributed by atoms with E-state index in [4.69, 9.17) is 14.2 Å². The molecule has 0 aromatic heterocycles. The molecule has 12 unspecified atom stereocenters. The minimum Gasteiger partial charge on any atom is -0.456 e. The van der Waals surface area contributed by atoms with Gasteiger partial charge in [-0.2, -0.15) is 0 Å². The SMILES string of the molecule is COC1CC(/C=C(C)/C=C(\C)C2CC(O)C/C=C(C)/C=C/C(O)C/C=C/CC(C)C3OC(O)(CC(=O)N4CCCCC4C(=O)O2)C(C)CC3C)C=CC1O. The van der Waals surface area contributed by atoms with E-state index in [2.05, 4.69) is 19.9 Å². The van der Waals surface area contributed by atoms with Crippen molar-refractivity contribution in [2.45, 2.75) is 154 Å². The zero-order valence-corrected chi connectivity index (χ0v) is 33.6. The Morgan fingerprint density at radius 3 is 2.44 bits per heavy atom. The van der Waals surface area contributed by atoms with Gasteiger partial charge in [-0.05, 0) is 95.5 Å². The number of piperidine rings is 1. The normalized spacial score (nSPS) is 40.9. The molecule has 4 aliphatic rings. The highest BCUT2D eigenvalue weighted by Gasteiger charge is 2.48. The summed E-state index contributed by atoms with van der Waals surface area (Å²) in [5, 5.41) is 43.9. The van der Waals surface area contributed by atoms with Crippen LogP contribution in [0.5, 0.6) is 0 Å². The third kappa shape index (κ3) is 12.3. The molecule has 0 radical (unpaired) electrons. The monoisotopic (exact) mass is 753 g/mol. The molecule has 4 N–H and O–H groups in total. The number of cyclic esters (lactones) is 1. The summed E-state index contributed by atoms with van der Waals surface area (Å²) >= 11 is 0. The summed E-state index contributed by atoms with van der Waals surface area (Å²) < 4.78 is 18.1. The van der Waals surface area contributed by atoms with Crippen LogP contribution in [-0.2, 0) is 23.8 Å².